The third-order valence-corrected chi connectivity index (χ3v) is 5.60. The maximum Gasteiger partial charge on any atom is 0.246 e. The molecule has 1 aliphatic heterocycles. The van der Waals surface area contributed by atoms with E-state index in [0.717, 1.165) is 28.1 Å². The highest BCUT2D eigenvalue weighted by Crippen LogP contribution is 2.37. The van der Waals surface area contributed by atoms with E-state index in [4.69, 9.17) is 5.10 Å². The van der Waals surface area contributed by atoms with Crippen molar-refractivity contribution in [1.29, 1.82) is 5.26 Å². The van der Waals surface area contributed by atoms with E-state index in [1.807, 2.05) is 71.9 Å². The van der Waals surface area contributed by atoms with Gasteiger partial charge in [-0.15, -0.1) is 0 Å². The second kappa shape index (κ2) is 9.16. The van der Waals surface area contributed by atoms with E-state index < -0.39 is 0 Å². The molecule has 0 saturated heterocycles. The van der Waals surface area contributed by atoms with Crippen molar-refractivity contribution in [3.63, 3.8) is 0 Å². The molecule has 2 aromatic heterocycles. The summed E-state index contributed by atoms with van der Waals surface area (Å²) in [5.41, 5.74) is 5.24. The molecular formula is C25H26N6O. The molecule has 4 rings (SSSR count). The van der Waals surface area contributed by atoms with E-state index >= 15 is 0 Å². The van der Waals surface area contributed by atoms with Crippen LogP contribution in [0.2, 0.25) is 0 Å². The summed E-state index contributed by atoms with van der Waals surface area (Å²) >= 11 is 0. The van der Waals surface area contributed by atoms with E-state index in [2.05, 4.69) is 11.1 Å². The minimum atomic E-state index is 0.000469. The average Bonchev–Trinajstić information content (AvgIpc) is 3.17. The molecule has 0 aliphatic carbocycles. The summed E-state index contributed by atoms with van der Waals surface area (Å²) in [6.07, 6.45) is 7.07. The Balaban J connectivity index is 1.78. The lowest BCUT2D eigenvalue weighted by atomic mass is 9.97. The number of aromatic nitrogens is 3. The number of rotatable bonds is 5. The first-order valence-electron chi connectivity index (χ1n) is 10.6. The molecule has 1 aromatic carbocycles. The molecule has 3 aromatic rings. The van der Waals surface area contributed by atoms with Crippen LogP contribution in [-0.2, 0) is 17.9 Å². The summed E-state index contributed by atoms with van der Waals surface area (Å²) in [5, 5.41) is 14.3. The van der Waals surface area contributed by atoms with Crippen LogP contribution in [0, 0.1) is 11.3 Å². The molecule has 0 spiro atoms. The van der Waals surface area contributed by atoms with Crippen LogP contribution in [0.4, 0.5) is 0 Å². The fourth-order valence-electron chi connectivity index (χ4n) is 3.99. The molecule has 32 heavy (non-hydrogen) atoms. The first kappa shape index (κ1) is 21.5. The predicted molar refractivity (Wildman–Crippen MR) is 123 cm³/mol. The van der Waals surface area contributed by atoms with Crippen LogP contribution >= 0.6 is 0 Å². The Morgan fingerprint density at radius 3 is 2.75 bits per heavy atom. The maximum absolute atomic E-state index is 13.0. The minimum absolute atomic E-state index is 0.000469. The van der Waals surface area contributed by atoms with Crippen LogP contribution in [0.1, 0.15) is 18.2 Å². The second-order valence-corrected chi connectivity index (χ2v) is 8.26. The Bertz CT molecular complexity index is 1190. The molecule has 162 valence electrons. The van der Waals surface area contributed by atoms with Crippen LogP contribution in [0.15, 0.2) is 60.9 Å². The highest BCUT2D eigenvalue weighted by atomic mass is 16.2. The Kier molecular flexibility index (Phi) is 6.15. The maximum atomic E-state index is 13.0. The predicted octanol–water partition coefficient (Wildman–Crippen LogP) is 3.33. The fraction of sp³-hybridized carbons (Fsp3) is 0.280. The Hall–Kier alpha value is -3.76. The van der Waals surface area contributed by atoms with Gasteiger partial charge in [0, 0.05) is 42.2 Å². The zero-order valence-corrected chi connectivity index (χ0v) is 18.6. The monoisotopic (exact) mass is 426 g/mol. The van der Waals surface area contributed by atoms with Crippen molar-refractivity contribution in [3.8, 4) is 28.5 Å². The lowest BCUT2D eigenvalue weighted by Gasteiger charge is -2.33. The molecule has 7 nitrogen and oxygen atoms in total. The number of benzene rings is 1. The van der Waals surface area contributed by atoms with E-state index in [9.17, 15) is 10.1 Å². The van der Waals surface area contributed by atoms with Crippen molar-refractivity contribution in [2.45, 2.75) is 26.1 Å². The Labute approximate surface area is 188 Å². The summed E-state index contributed by atoms with van der Waals surface area (Å²) < 4.78 is 2.00. The number of carbonyl (C=O) groups excluding carboxylic acids is 1. The smallest absolute Gasteiger partial charge is 0.246 e. The van der Waals surface area contributed by atoms with Gasteiger partial charge >= 0.3 is 0 Å². The summed E-state index contributed by atoms with van der Waals surface area (Å²) in [4.78, 5) is 21.0. The summed E-state index contributed by atoms with van der Waals surface area (Å²) in [6.45, 7) is 3.84. The van der Waals surface area contributed by atoms with Gasteiger partial charge in [0.1, 0.15) is 5.69 Å². The van der Waals surface area contributed by atoms with Gasteiger partial charge in [-0.1, -0.05) is 18.2 Å². The molecule has 1 amide bonds. The summed E-state index contributed by atoms with van der Waals surface area (Å²) in [7, 11) is 3.95. The summed E-state index contributed by atoms with van der Waals surface area (Å²) in [5.74, 6) is 0.000469. The summed E-state index contributed by atoms with van der Waals surface area (Å²) in [6, 6.07) is 13.6. The molecule has 3 heterocycles. The van der Waals surface area contributed by atoms with Crippen LogP contribution in [0.3, 0.4) is 0 Å². The number of hydrogen-bond acceptors (Lipinski definition) is 5. The first-order chi connectivity index (χ1) is 15.5. The number of pyridine rings is 1. The van der Waals surface area contributed by atoms with Crippen molar-refractivity contribution >= 4 is 5.91 Å². The topological polar surface area (TPSA) is 78.0 Å². The third kappa shape index (κ3) is 4.32. The largest absolute Gasteiger partial charge is 0.329 e. The van der Waals surface area contributed by atoms with E-state index in [-0.39, 0.29) is 11.9 Å². The van der Waals surface area contributed by atoms with Crippen molar-refractivity contribution < 1.29 is 4.79 Å². The van der Waals surface area contributed by atoms with Gasteiger partial charge in [-0.2, -0.15) is 10.4 Å². The van der Waals surface area contributed by atoms with Gasteiger partial charge < -0.3 is 9.80 Å². The molecule has 0 fully saturated rings. The molecule has 1 atom stereocenters. The standard InChI is InChI=1S/C25H26N6O/c1-18-16-31-22(17-30(18)23(32)8-5-13-29(2)3)24(20-9-11-27-12-10-20)25(28-31)21-7-4-6-19(14-21)15-26/h4-12,14,18H,13,16-17H2,1-3H3/b8-5+/t18-/m1/s1. The normalized spacial score (nSPS) is 15.7. The van der Waals surface area contributed by atoms with Gasteiger partial charge in [0.15, 0.2) is 0 Å². The molecule has 0 radical (unpaired) electrons. The van der Waals surface area contributed by atoms with Gasteiger partial charge in [-0.05, 0) is 50.8 Å². The SMILES string of the molecule is C[C@@H]1Cn2nc(-c3cccc(C#N)c3)c(-c3ccncc3)c2CN1C(=O)/C=C/CN(C)C. The van der Waals surface area contributed by atoms with E-state index in [1.54, 1.807) is 24.5 Å². The number of likely N-dealkylation sites (N-methyl/N-ethyl adjacent to an activating group) is 1. The number of nitrogens with zero attached hydrogens (tertiary/aromatic N) is 6. The van der Waals surface area contributed by atoms with Crippen molar-refractivity contribution in [3.05, 3.63) is 72.2 Å². The Morgan fingerprint density at radius 2 is 2.03 bits per heavy atom. The third-order valence-electron chi connectivity index (χ3n) is 5.60. The molecule has 0 saturated carbocycles. The highest BCUT2D eigenvalue weighted by molar-refractivity contribution is 5.89. The van der Waals surface area contributed by atoms with Crippen molar-refractivity contribution in [2.75, 3.05) is 20.6 Å². The van der Waals surface area contributed by atoms with Crippen molar-refractivity contribution in [2.24, 2.45) is 0 Å². The zero-order chi connectivity index (χ0) is 22.7. The lowest BCUT2D eigenvalue weighted by molar-refractivity contribution is -0.129. The van der Waals surface area contributed by atoms with Crippen LogP contribution in [-0.4, -0.2) is 57.2 Å². The fourth-order valence-corrected chi connectivity index (χ4v) is 3.99. The van der Waals surface area contributed by atoms with Gasteiger partial charge in [0.05, 0.1) is 30.4 Å². The zero-order valence-electron chi connectivity index (χ0n) is 18.6. The molecule has 0 unspecified atom stereocenters. The van der Waals surface area contributed by atoms with Gasteiger partial charge in [-0.3, -0.25) is 14.5 Å². The van der Waals surface area contributed by atoms with Gasteiger partial charge in [0.25, 0.3) is 0 Å². The average molecular weight is 427 g/mol. The molecule has 1 aliphatic rings. The van der Waals surface area contributed by atoms with Crippen LogP contribution < -0.4 is 0 Å². The van der Waals surface area contributed by atoms with Crippen LogP contribution in [0.5, 0.6) is 0 Å². The molecular weight excluding hydrogens is 400 g/mol. The number of carbonyl (C=O) groups is 1. The van der Waals surface area contributed by atoms with Gasteiger partial charge in [0.2, 0.25) is 5.91 Å². The molecule has 0 bridgehead atoms. The first-order valence-corrected chi connectivity index (χ1v) is 10.6. The van der Waals surface area contributed by atoms with Crippen LogP contribution in [0.25, 0.3) is 22.4 Å². The van der Waals surface area contributed by atoms with Gasteiger partial charge in [-0.25, -0.2) is 0 Å². The number of hydrogen-bond donors (Lipinski definition) is 0. The highest BCUT2D eigenvalue weighted by Gasteiger charge is 2.31. The van der Waals surface area contributed by atoms with Crippen molar-refractivity contribution in [1.82, 2.24) is 24.6 Å². The second-order valence-electron chi connectivity index (χ2n) is 8.26. The van der Waals surface area contributed by atoms with E-state index in [1.165, 1.54) is 0 Å². The number of fused-ring (bicyclic) bond motifs is 1. The number of amides is 1. The van der Waals surface area contributed by atoms with E-state index in [0.29, 0.717) is 25.2 Å². The molecule has 7 heteroatoms. The Morgan fingerprint density at radius 1 is 1.25 bits per heavy atom. The molecule has 0 N–H and O–H groups in total. The quantitative estimate of drug-likeness (QED) is 0.585. The number of nitriles is 1. The minimum Gasteiger partial charge on any atom is -0.329 e. The lowest BCUT2D eigenvalue weighted by Crippen LogP contribution is -2.44.